The van der Waals surface area contributed by atoms with Gasteiger partial charge in [-0.1, -0.05) is 12.1 Å². The highest BCUT2D eigenvalue weighted by Crippen LogP contribution is 2.20. The third-order valence-electron chi connectivity index (χ3n) is 4.73. The first-order valence-corrected chi connectivity index (χ1v) is 11.1. The van der Waals surface area contributed by atoms with Crippen LogP contribution in [-0.2, 0) is 10.0 Å². The van der Waals surface area contributed by atoms with Gasteiger partial charge in [-0.25, -0.2) is 18.1 Å². The molecule has 1 saturated heterocycles. The van der Waals surface area contributed by atoms with E-state index in [0.29, 0.717) is 31.7 Å². The predicted molar refractivity (Wildman–Crippen MR) is 114 cm³/mol. The van der Waals surface area contributed by atoms with E-state index in [-0.39, 0.29) is 10.8 Å². The molecule has 1 fully saturated rings. The smallest absolute Gasteiger partial charge is 0.254 e. The van der Waals surface area contributed by atoms with Gasteiger partial charge in [0.1, 0.15) is 5.82 Å². The van der Waals surface area contributed by atoms with Crippen LogP contribution in [0.25, 0.3) is 0 Å². The number of pyridine rings is 1. The summed E-state index contributed by atoms with van der Waals surface area (Å²) in [6, 6.07) is 10.5. The zero-order valence-corrected chi connectivity index (χ0v) is 18.2. The van der Waals surface area contributed by atoms with Gasteiger partial charge in [0.25, 0.3) is 5.91 Å². The average molecular weight is 417 g/mol. The number of anilines is 1. The van der Waals surface area contributed by atoms with Crippen molar-refractivity contribution < 1.29 is 13.2 Å². The van der Waals surface area contributed by atoms with E-state index in [1.807, 2.05) is 25.1 Å². The summed E-state index contributed by atoms with van der Waals surface area (Å²) < 4.78 is 28.0. The van der Waals surface area contributed by atoms with Crippen molar-refractivity contribution in [3.63, 3.8) is 0 Å². The van der Waals surface area contributed by atoms with E-state index in [1.54, 1.807) is 44.0 Å². The molecule has 0 aliphatic carbocycles. The molecule has 29 heavy (non-hydrogen) atoms. The Labute approximate surface area is 172 Å². The van der Waals surface area contributed by atoms with Crippen LogP contribution in [0.2, 0.25) is 0 Å². The second kappa shape index (κ2) is 8.12. The first-order chi connectivity index (χ1) is 13.6. The predicted octanol–water partition coefficient (Wildman–Crippen LogP) is 2.43. The molecule has 1 aromatic carbocycles. The summed E-state index contributed by atoms with van der Waals surface area (Å²) in [6.07, 6.45) is 1.76. The van der Waals surface area contributed by atoms with Crippen molar-refractivity contribution in [3.05, 3.63) is 53.7 Å². The van der Waals surface area contributed by atoms with Crippen molar-refractivity contribution in [2.45, 2.75) is 38.1 Å². The number of carbonyl (C=O) groups excluding carboxylic acids is 1. The maximum atomic E-state index is 13.1. The molecule has 0 spiro atoms. The quantitative estimate of drug-likeness (QED) is 0.828. The van der Waals surface area contributed by atoms with Gasteiger partial charge in [0.05, 0.1) is 4.90 Å². The number of amides is 1. The Hall–Kier alpha value is -2.45. The Kier molecular flexibility index (Phi) is 5.95. The Morgan fingerprint density at radius 3 is 2.34 bits per heavy atom. The number of sulfonamides is 1. The molecule has 0 atom stereocenters. The van der Waals surface area contributed by atoms with Gasteiger partial charge in [0.2, 0.25) is 10.0 Å². The molecule has 0 unspecified atom stereocenters. The van der Waals surface area contributed by atoms with Crippen LogP contribution in [0.15, 0.2) is 47.5 Å². The molecule has 1 amide bonds. The number of hydrogen-bond donors (Lipinski definition) is 1. The highest BCUT2D eigenvalue weighted by molar-refractivity contribution is 7.89. The number of aryl methyl sites for hydroxylation is 1. The highest BCUT2D eigenvalue weighted by Gasteiger charge is 2.27. The number of piperazine rings is 1. The SMILES string of the molecule is Cc1ccc(S(=O)(=O)NC(C)(C)C)cc1C(=O)N1CCN(c2ccccn2)CC1. The summed E-state index contributed by atoms with van der Waals surface area (Å²) in [7, 11) is -3.70. The van der Waals surface area contributed by atoms with Crippen LogP contribution >= 0.6 is 0 Å². The van der Waals surface area contributed by atoms with Crippen LogP contribution in [0.3, 0.4) is 0 Å². The summed E-state index contributed by atoms with van der Waals surface area (Å²) in [4.78, 5) is 21.5. The Morgan fingerprint density at radius 1 is 1.07 bits per heavy atom. The zero-order chi connectivity index (χ0) is 21.2. The lowest BCUT2D eigenvalue weighted by molar-refractivity contribution is 0.0745. The van der Waals surface area contributed by atoms with Crippen LogP contribution < -0.4 is 9.62 Å². The summed E-state index contributed by atoms with van der Waals surface area (Å²) in [5, 5.41) is 0. The summed E-state index contributed by atoms with van der Waals surface area (Å²) >= 11 is 0. The van der Waals surface area contributed by atoms with Crippen LogP contribution in [0.5, 0.6) is 0 Å². The van der Waals surface area contributed by atoms with E-state index < -0.39 is 15.6 Å². The van der Waals surface area contributed by atoms with E-state index in [0.717, 1.165) is 11.4 Å². The third kappa shape index (κ3) is 5.13. The summed E-state index contributed by atoms with van der Waals surface area (Å²) in [5.74, 6) is 0.758. The minimum absolute atomic E-state index is 0.105. The van der Waals surface area contributed by atoms with E-state index in [2.05, 4.69) is 14.6 Å². The number of carbonyl (C=O) groups is 1. The van der Waals surface area contributed by atoms with Crippen LogP contribution in [0.4, 0.5) is 5.82 Å². The number of rotatable bonds is 4. The Morgan fingerprint density at radius 2 is 1.76 bits per heavy atom. The lowest BCUT2D eigenvalue weighted by atomic mass is 10.1. The van der Waals surface area contributed by atoms with Crippen molar-refractivity contribution >= 4 is 21.7 Å². The van der Waals surface area contributed by atoms with Crippen molar-refractivity contribution in [2.24, 2.45) is 0 Å². The molecule has 2 heterocycles. The standard InChI is InChI=1S/C21H28N4O3S/c1-16-8-9-17(29(27,28)23-21(2,3)4)15-18(16)20(26)25-13-11-24(12-14-25)19-7-5-6-10-22-19/h5-10,15,23H,11-14H2,1-4H3. The molecule has 1 aromatic heterocycles. The fourth-order valence-electron chi connectivity index (χ4n) is 3.31. The molecular weight excluding hydrogens is 388 g/mol. The van der Waals surface area contributed by atoms with Gasteiger partial charge >= 0.3 is 0 Å². The highest BCUT2D eigenvalue weighted by atomic mass is 32.2. The van der Waals surface area contributed by atoms with Crippen LogP contribution in [-0.4, -0.2) is 55.9 Å². The molecule has 2 aromatic rings. The molecule has 1 aliphatic heterocycles. The van der Waals surface area contributed by atoms with E-state index in [9.17, 15) is 13.2 Å². The molecule has 156 valence electrons. The first-order valence-electron chi connectivity index (χ1n) is 9.67. The number of hydrogen-bond acceptors (Lipinski definition) is 5. The summed E-state index contributed by atoms with van der Waals surface area (Å²) in [5.41, 5.74) is 0.584. The lowest BCUT2D eigenvalue weighted by Gasteiger charge is -2.35. The van der Waals surface area contributed by atoms with Crippen molar-refractivity contribution in [3.8, 4) is 0 Å². The summed E-state index contributed by atoms with van der Waals surface area (Å²) in [6.45, 7) is 9.67. The largest absolute Gasteiger partial charge is 0.353 e. The minimum Gasteiger partial charge on any atom is -0.353 e. The second-order valence-corrected chi connectivity index (χ2v) is 9.98. The molecule has 7 nitrogen and oxygen atoms in total. The number of benzene rings is 1. The van der Waals surface area contributed by atoms with Gasteiger partial charge < -0.3 is 9.80 Å². The number of nitrogens with one attached hydrogen (secondary N) is 1. The van der Waals surface area contributed by atoms with Crippen molar-refractivity contribution in [2.75, 3.05) is 31.1 Å². The van der Waals surface area contributed by atoms with Gasteiger partial charge in [-0.15, -0.1) is 0 Å². The molecule has 0 radical (unpaired) electrons. The number of aromatic nitrogens is 1. The molecule has 0 saturated carbocycles. The van der Waals surface area contributed by atoms with Gasteiger partial charge in [-0.3, -0.25) is 4.79 Å². The van der Waals surface area contributed by atoms with E-state index in [4.69, 9.17) is 0 Å². The fraction of sp³-hybridized carbons (Fsp3) is 0.429. The number of nitrogens with zero attached hydrogens (tertiary/aromatic N) is 3. The molecule has 3 rings (SSSR count). The molecule has 8 heteroatoms. The molecule has 1 N–H and O–H groups in total. The van der Waals surface area contributed by atoms with Gasteiger partial charge in [0, 0.05) is 43.5 Å². The third-order valence-corrected chi connectivity index (χ3v) is 6.49. The van der Waals surface area contributed by atoms with Gasteiger partial charge in [-0.2, -0.15) is 0 Å². The normalized spacial score (nSPS) is 15.4. The Bertz CT molecular complexity index is 977. The minimum atomic E-state index is -3.70. The maximum absolute atomic E-state index is 13.1. The van der Waals surface area contributed by atoms with Crippen LogP contribution in [0.1, 0.15) is 36.7 Å². The van der Waals surface area contributed by atoms with Gasteiger partial charge in [0.15, 0.2) is 0 Å². The topological polar surface area (TPSA) is 82.6 Å². The lowest BCUT2D eigenvalue weighted by Crippen LogP contribution is -2.49. The van der Waals surface area contributed by atoms with Crippen molar-refractivity contribution in [1.82, 2.24) is 14.6 Å². The zero-order valence-electron chi connectivity index (χ0n) is 17.3. The van der Waals surface area contributed by atoms with E-state index in [1.165, 1.54) is 6.07 Å². The fourth-order valence-corrected chi connectivity index (χ4v) is 4.75. The van der Waals surface area contributed by atoms with E-state index >= 15 is 0 Å². The second-order valence-electron chi connectivity index (χ2n) is 8.30. The molecular formula is C21H28N4O3S. The van der Waals surface area contributed by atoms with Gasteiger partial charge in [-0.05, 0) is 57.5 Å². The van der Waals surface area contributed by atoms with Crippen LogP contribution in [0, 0.1) is 6.92 Å². The maximum Gasteiger partial charge on any atom is 0.254 e. The first kappa shape index (κ1) is 21.3. The Balaban J connectivity index is 1.76. The van der Waals surface area contributed by atoms with Crippen molar-refractivity contribution in [1.29, 1.82) is 0 Å². The monoisotopic (exact) mass is 416 g/mol. The molecule has 1 aliphatic rings. The average Bonchev–Trinajstić information content (AvgIpc) is 2.66. The molecule has 0 bridgehead atoms.